The third kappa shape index (κ3) is 8.75. The summed E-state index contributed by atoms with van der Waals surface area (Å²) in [4.78, 5) is 34.7. The predicted molar refractivity (Wildman–Crippen MR) is 217 cm³/mol. The van der Waals surface area contributed by atoms with E-state index in [9.17, 15) is 9.59 Å². The first-order valence-electron chi connectivity index (χ1n) is 18.1. The Morgan fingerprint density at radius 3 is 2.58 bits per heavy atom. The number of aromatic nitrogens is 3. The second-order valence-electron chi connectivity index (χ2n) is 13.8. The van der Waals surface area contributed by atoms with Gasteiger partial charge in [0.25, 0.3) is 0 Å². The van der Waals surface area contributed by atoms with Gasteiger partial charge in [0.05, 0.1) is 59.8 Å². The van der Waals surface area contributed by atoms with Crippen molar-refractivity contribution in [3.05, 3.63) is 90.7 Å². The fraction of sp³-hybridized carbons (Fsp3) is 0.421. The predicted octanol–water partition coefficient (Wildman–Crippen LogP) is 6.06. The Morgan fingerprint density at radius 1 is 1.00 bits per heavy atom. The summed E-state index contributed by atoms with van der Waals surface area (Å²) in [5.41, 5.74) is 4.68. The van der Waals surface area contributed by atoms with E-state index in [1.165, 1.54) is 4.88 Å². The van der Waals surface area contributed by atoms with Gasteiger partial charge in [-0.05, 0) is 70.1 Å². The van der Waals surface area contributed by atoms with E-state index < -0.39 is 6.04 Å². The minimum Gasteiger partial charge on any atom is -0.377 e. The van der Waals surface area contributed by atoms with Gasteiger partial charge < -0.3 is 20.1 Å². The number of aliphatic imine (C=N–C) groups is 1. The molecular weight excluding hydrogens is 785 g/mol. The second kappa shape index (κ2) is 17.1. The Labute approximate surface area is 338 Å². The fourth-order valence-corrected chi connectivity index (χ4v) is 8.63. The molecule has 0 bridgehead atoms. The molecule has 13 nitrogen and oxygen atoms in total. The Balaban J connectivity index is 0.860. The summed E-state index contributed by atoms with van der Waals surface area (Å²) < 4.78 is 13.9. The number of hydrogen-bond donors (Lipinski definition) is 2. The van der Waals surface area contributed by atoms with Crippen LogP contribution in [0.15, 0.2) is 52.6 Å². The van der Waals surface area contributed by atoms with Crippen molar-refractivity contribution in [1.29, 1.82) is 0 Å². The van der Waals surface area contributed by atoms with Gasteiger partial charge in [-0.25, -0.2) is 0 Å². The Bertz CT molecular complexity index is 2140. The zero-order chi connectivity index (χ0) is 38.8. The van der Waals surface area contributed by atoms with Crippen molar-refractivity contribution in [2.45, 2.75) is 58.2 Å². The molecule has 2 aromatic heterocycles. The van der Waals surface area contributed by atoms with E-state index in [2.05, 4.69) is 39.8 Å². The van der Waals surface area contributed by atoms with Crippen LogP contribution in [0.3, 0.4) is 0 Å². The molecule has 2 N–H and O–H groups in total. The summed E-state index contributed by atoms with van der Waals surface area (Å²) in [6, 6.07) is 12.1. The normalized spacial score (nSPS) is 19.5. The maximum absolute atomic E-state index is 13.3. The maximum Gasteiger partial charge on any atom is 0.242 e. The van der Waals surface area contributed by atoms with Gasteiger partial charge in [0, 0.05) is 47.1 Å². The van der Waals surface area contributed by atoms with E-state index in [4.69, 9.17) is 49.3 Å². The SMILES string of the molecule is Cc1sc2c(c1C)C(c1ccc(Cl)cc1)=N[C@@H](CC(=O)NCCOCCO[C@H]1C[C@@H](C(=O)NC3=NN(c4ccc(Cl)c(Cl)c4)CC3)N(C)C1)c1nnc(C)n1-2. The lowest BCUT2D eigenvalue weighted by Gasteiger charge is -2.17. The molecular formula is C38H42Cl3N9O4S. The van der Waals surface area contributed by atoms with Gasteiger partial charge in [-0.2, -0.15) is 5.10 Å². The first-order chi connectivity index (χ1) is 26.5. The molecule has 1 saturated heterocycles. The number of fused-ring (bicyclic) bond motifs is 3. The number of hydrazone groups is 1. The van der Waals surface area contributed by atoms with Crippen LogP contribution in [0.25, 0.3) is 5.00 Å². The Kier molecular flexibility index (Phi) is 12.2. The second-order valence-corrected chi connectivity index (χ2v) is 16.2. The zero-order valence-electron chi connectivity index (χ0n) is 30.9. The van der Waals surface area contributed by atoms with E-state index >= 15 is 0 Å². The van der Waals surface area contributed by atoms with Crippen LogP contribution in [0, 0.1) is 20.8 Å². The molecule has 0 saturated carbocycles. The maximum atomic E-state index is 13.3. The number of amides is 2. The topological polar surface area (TPSA) is 139 Å². The number of amidine groups is 1. The molecule has 17 heteroatoms. The highest BCUT2D eigenvalue weighted by Gasteiger charge is 2.36. The summed E-state index contributed by atoms with van der Waals surface area (Å²) >= 11 is 20.1. The van der Waals surface area contributed by atoms with Crippen LogP contribution in [0.1, 0.15) is 58.5 Å². The molecule has 290 valence electrons. The smallest absolute Gasteiger partial charge is 0.242 e. The monoisotopic (exact) mass is 825 g/mol. The van der Waals surface area contributed by atoms with Gasteiger partial charge in [0.1, 0.15) is 22.7 Å². The van der Waals surface area contributed by atoms with E-state index in [1.807, 2.05) is 53.8 Å². The number of nitrogens with one attached hydrogen (secondary N) is 2. The van der Waals surface area contributed by atoms with Gasteiger partial charge in [-0.3, -0.25) is 29.1 Å². The quantitative estimate of drug-likeness (QED) is 0.165. The van der Waals surface area contributed by atoms with Gasteiger partial charge in [0.2, 0.25) is 11.8 Å². The lowest BCUT2D eigenvalue weighted by atomic mass is 9.99. The zero-order valence-corrected chi connectivity index (χ0v) is 34.0. The lowest BCUT2D eigenvalue weighted by Crippen LogP contribution is -2.43. The average Bonchev–Trinajstić information content (AvgIpc) is 3.92. The van der Waals surface area contributed by atoms with E-state index in [-0.39, 0.29) is 30.4 Å². The summed E-state index contributed by atoms with van der Waals surface area (Å²) in [5, 5.41) is 23.7. The summed E-state index contributed by atoms with van der Waals surface area (Å²) in [6.07, 6.45) is 1.16. The number of halogens is 3. The molecule has 1 fully saturated rings. The summed E-state index contributed by atoms with van der Waals surface area (Å²) in [6.45, 7) is 8.74. The van der Waals surface area contributed by atoms with Crippen LogP contribution >= 0.6 is 46.1 Å². The van der Waals surface area contributed by atoms with Gasteiger partial charge in [-0.15, -0.1) is 21.5 Å². The Morgan fingerprint density at radius 2 is 1.80 bits per heavy atom. The van der Waals surface area contributed by atoms with Crippen molar-refractivity contribution in [2.24, 2.45) is 10.1 Å². The van der Waals surface area contributed by atoms with Gasteiger partial charge in [-0.1, -0.05) is 46.9 Å². The molecule has 5 heterocycles. The van der Waals surface area contributed by atoms with Crippen LogP contribution in [-0.2, 0) is 19.1 Å². The molecule has 0 aliphatic carbocycles. The van der Waals surface area contributed by atoms with E-state index in [0.717, 1.165) is 38.9 Å². The molecule has 0 radical (unpaired) electrons. The van der Waals surface area contributed by atoms with Crippen molar-refractivity contribution < 1.29 is 19.1 Å². The van der Waals surface area contributed by atoms with Crippen LogP contribution in [0.2, 0.25) is 15.1 Å². The van der Waals surface area contributed by atoms with E-state index in [0.29, 0.717) is 79.0 Å². The number of likely N-dealkylation sites (tertiary alicyclic amines) is 1. The molecule has 3 atom stereocenters. The number of likely N-dealkylation sites (N-methyl/N-ethyl adjacent to an activating group) is 1. The highest BCUT2D eigenvalue weighted by Crippen LogP contribution is 2.39. The number of carbonyl (C=O) groups excluding carboxylic acids is 2. The number of rotatable bonds is 12. The molecule has 0 unspecified atom stereocenters. The number of carbonyl (C=O) groups is 2. The third-order valence-electron chi connectivity index (χ3n) is 9.97. The number of thiophene rings is 1. The summed E-state index contributed by atoms with van der Waals surface area (Å²) in [7, 11) is 1.91. The molecule has 3 aliphatic heterocycles. The molecule has 0 spiro atoms. The fourth-order valence-electron chi connectivity index (χ4n) is 7.00. The molecule has 55 heavy (non-hydrogen) atoms. The average molecular weight is 827 g/mol. The Hall–Kier alpha value is -3.89. The van der Waals surface area contributed by atoms with Crippen LogP contribution in [-0.4, -0.2) is 102 Å². The number of benzene rings is 2. The van der Waals surface area contributed by atoms with Crippen molar-refractivity contribution >= 4 is 75.2 Å². The van der Waals surface area contributed by atoms with Crippen molar-refractivity contribution in [3.8, 4) is 5.00 Å². The third-order valence-corrected chi connectivity index (χ3v) is 12.2. The number of hydrogen-bond acceptors (Lipinski definition) is 11. The van der Waals surface area contributed by atoms with Crippen LogP contribution < -0.4 is 15.6 Å². The molecule has 2 amide bonds. The van der Waals surface area contributed by atoms with Crippen molar-refractivity contribution in [1.82, 2.24) is 30.3 Å². The first-order valence-corrected chi connectivity index (χ1v) is 20.1. The molecule has 3 aliphatic rings. The highest BCUT2D eigenvalue weighted by atomic mass is 35.5. The highest BCUT2D eigenvalue weighted by molar-refractivity contribution is 7.15. The minimum absolute atomic E-state index is 0.0953. The molecule has 7 rings (SSSR count). The number of ether oxygens (including phenoxy) is 2. The van der Waals surface area contributed by atoms with E-state index in [1.54, 1.807) is 28.5 Å². The van der Waals surface area contributed by atoms with Crippen LogP contribution in [0.5, 0.6) is 0 Å². The first kappa shape index (κ1) is 39.3. The van der Waals surface area contributed by atoms with Crippen molar-refractivity contribution in [2.75, 3.05) is 51.5 Å². The van der Waals surface area contributed by atoms with Crippen LogP contribution in [0.4, 0.5) is 5.69 Å². The lowest BCUT2D eigenvalue weighted by molar-refractivity contribution is -0.124. The number of anilines is 1. The standard InChI is InChI=1S/C38H42Cl3N9O4S/c1-21-22(2)55-38-34(21)35(24-5-7-25(39)8-6-24)43-30(36-46-45-23(3)50(36)38)19-33(51)42-12-14-53-15-16-54-27-18-31(48(4)20-27)37(52)44-32-11-13-49(47-32)26-9-10-28(40)29(41)17-26/h5-10,17,27,30-31H,11-16,18-20H2,1-4H3,(H,42,51)(H,44,47,52)/t27-,30-,31-/m0/s1. The van der Waals surface area contributed by atoms with Crippen molar-refractivity contribution in [3.63, 3.8) is 0 Å². The van der Waals surface area contributed by atoms with Gasteiger partial charge in [0.15, 0.2) is 5.82 Å². The molecule has 2 aromatic carbocycles. The minimum atomic E-state index is -0.550. The van der Waals surface area contributed by atoms with Gasteiger partial charge >= 0.3 is 0 Å². The summed E-state index contributed by atoms with van der Waals surface area (Å²) in [5.74, 6) is 1.70. The molecule has 4 aromatic rings. The number of aryl methyl sites for hydroxylation is 2. The largest absolute Gasteiger partial charge is 0.377 e. The number of nitrogens with zero attached hydrogens (tertiary/aromatic N) is 7.